The number of piperazine rings is 1. The molecular formula is C20H26N2O3S. The molecule has 0 atom stereocenters. The second-order valence-electron chi connectivity index (χ2n) is 8.03. The summed E-state index contributed by atoms with van der Waals surface area (Å²) in [5.41, 5.74) is -0.0641. The highest BCUT2D eigenvalue weighted by molar-refractivity contribution is 7.89. The SMILES string of the molecule is CC(C)(C)CC(=O)N1CCN(S(=O)(=O)c2ccc3ccccc3c2)CC1. The summed E-state index contributed by atoms with van der Waals surface area (Å²) in [6, 6.07) is 12.9. The highest BCUT2D eigenvalue weighted by Crippen LogP contribution is 2.24. The standard InChI is InChI=1S/C20H26N2O3S/c1-20(2,3)15-19(23)21-10-12-22(13-11-21)26(24,25)18-9-8-16-6-4-5-7-17(16)14-18/h4-9,14H,10-13,15H2,1-3H3. The third kappa shape index (κ3) is 4.07. The van der Waals surface area contributed by atoms with Crippen molar-refractivity contribution in [3.05, 3.63) is 42.5 Å². The van der Waals surface area contributed by atoms with Crippen molar-refractivity contribution in [1.29, 1.82) is 0 Å². The normalized spacial score (nSPS) is 16.8. The van der Waals surface area contributed by atoms with Crippen LogP contribution in [0, 0.1) is 5.41 Å². The van der Waals surface area contributed by atoms with Gasteiger partial charge in [0.05, 0.1) is 4.90 Å². The summed E-state index contributed by atoms with van der Waals surface area (Å²) in [4.78, 5) is 14.4. The van der Waals surface area contributed by atoms with Gasteiger partial charge in [-0.15, -0.1) is 0 Å². The maximum Gasteiger partial charge on any atom is 0.243 e. The molecule has 2 aromatic rings. The van der Waals surface area contributed by atoms with Gasteiger partial charge in [0.2, 0.25) is 15.9 Å². The van der Waals surface area contributed by atoms with Crippen molar-refractivity contribution in [2.75, 3.05) is 26.2 Å². The molecule has 26 heavy (non-hydrogen) atoms. The maximum atomic E-state index is 13.0. The third-order valence-corrected chi connectivity index (χ3v) is 6.53. The smallest absolute Gasteiger partial charge is 0.243 e. The minimum atomic E-state index is -3.54. The number of amides is 1. The number of carbonyl (C=O) groups is 1. The predicted molar refractivity (Wildman–Crippen MR) is 103 cm³/mol. The van der Waals surface area contributed by atoms with E-state index in [1.807, 2.05) is 51.1 Å². The third-order valence-electron chi connectivity index (χ3n) is 4.63. The van der Waals surface area contributed by atoms with Gasteiger partial charge >= 0.3 is 0 Å². The van der Waals surface area contributed by atoms with E-state index in [9.17, 15) is 13.2 Å². The Bertz CT molecular complexity index is 908. The molecular weight excluding hydrogens is 348 g/mol. The number of rotatable bonds is 3. The van der Waals surface area contributed by atoms with E-state index >= 15 is 0 Å². The topological polar surface area (TPSA) is 57.7 Å². The van der Waals surface area contributed by atoms with Crippen LogP contribution in [-0.4, -0.2) is 49.7 Å². The van der Waals surface area contributed by atoms with Crippen LogP contribution in [0.2, 0.25) is 0 Å². The first-order valence-corrected chi connectivity index (χ1v) is 10.4. The van der Waals surface area contributed by atoms with Crippen LogP contribution in [0.3, 0.4) is 0 Å². The van der Waals surface area contributed by atoms with Crippen molar-refractivity contribution >= 4 is 26.7 Å². The Morgan fingerprint density at radius 2 is 1.58 bits per heavy atom. The number of sulfonamides is 1. The van der Waals surface area contributed by atoms with Gasteiger partial charge < -0.3 is 4.90 Å². The molecule has 3 rings (SSSR count). The Morgan fingerprint density at radius 1 is 0.962 bits per heavy atom. The lowest BCUT2D eigenvalue weighted by Crippen LogP contribution is -2.50. The predicted octanol–water partition coefficient (Wildman–Crippen LogP) is 3.11. The summed E-state index contributed by atoms with van der Waals surface area (Å²) >= 11 is 0. The van der Waals surface area contributed by atoms with E-state index in [0.717, 1.165) is 10.8 Å². The van der Waals surface area contributed by atoms with Gasteiger partial charge in [0, 0.05) is 32.6 Å². The maximum absolute atomic E-state index is 13.0. The highest BCUT2D eigenvalue weighted by atomic mass is 32.2. The van der Waals surface area contributed by atoms with Crippen molar-refractivity contribution in [3.8, 4) is 0 Å². The van der Waals surface area contributed by atoms with E-state index in [-0.39, 0.29) is 11.3 Å². The van der Waals surface area contributed by atoms with Gasteiger partial charge in [-0.25, -0.2) is 8.42 Å². The molecule has 2 aromatic carbocycles. The second-order valence-corrected chi connectivity index (χ2v) is 9.97. The van der Waals surface area contributed by atoms with E-state index in [4.69, 9.17) is 0 Å². The molecule has 0 aliphatic carbocycles. The van der Waals surface area contributed by atoms with Crippen LogP contribution in [0.25, 0.3) is 10.8 Å². The number of nitrogens with zero attached hydrogens (tertiary/aromatic N) is 2. The molecule has 0 bridgehead atoms. The van der Waals surface area contributed by atoms with Crippen LogP contribution >= 0.6 is 0 Å². The lowest BCUT2D eigenvalue weighted by molar-refractivity contribution is -0.134. The molecule has 0 saturated carbocycles. The van der Waals surface area contributed by atoms with Gasteiger partial charge in [0.1, 0.15) is 0 Å². The van der Waals surface area contributed by atoms with E-state index in [2.05, 4.69) is 0 Å². The Hall–Kier alpha value is -1.92. The van der Waals surface area contributed by atoms with E-state index in [1.165, 1.54) is 4.31 Å². The largest absolute Gasteiger partial charge is 0.340 e. The summed E-state index contributed by atoms with van der Waals surface area (Å²) in [6.45, 7) is 7.67. The molecule has 5 nitrogen and oxygen atoms in total. The summed E-state index contributed by atoms with van der Waals surface area (Å²) in [5, 5.41) is 1.93. The van der Waals surface area contributed by atoms with Crippen LogP contribution in [0.1, 0.15) is 27.2 Å². The van der Waals surface area contributed by atoms with Crippen LogP contribution in [0.5, 0.6) is 0 Å². The summed E-state index contributed by atoms with van der Waals surface area (Å²) in [5.74, 6) is 0.0975. The van der Waals surface area contributed by atoms with Crippen LogP contribution in [0.4, 0.5) is 0 Å². The molecule has 140 valence electrons. The van der Waals surface area contributed by atoms with Gasteiger partial charge in [-0.05, 0) is 28.3 Å². The zero-order chi connectivity index (χ0) is 18.9. The number of hydrogen-bond acceptors (Lipinski definition) is 3. The average molecular weight is 375 g/mol. The fourth-order valence-electron chi connectivity index (χ4n) is 3.22. The van der Waals surface area contributed by atoms with Crippen molar-refractivity contribution in [3.63, 3.8) is 0 Å². The molecule has 0 N–H and O–H groups in total. The number of benzene rings is 2. The van der Waals surface area contributed by atoms with E-state index in [1.54, 1.807) is 17.0 Å². The lowest BCUT2D eigenvalue weighted by atomic mass is 9.91. The summed E-state index contributed by atoms with van der Waals surface area (Å²) in [6.07, 6.45) is 0.477. The van der Waals surface area contributed by atoms with Crippen molar-refractivity contribution in [1.82, 2.24) is 9.21 Å². The second kappa shape index (κ2) is 7.00. The Balaban J connectivity index is 1.72. The minimum Gasteiger partial charge on any atom is -0.340 e. The lowest BCUT2D eigenvalue weighted by Gasteiger charge is -2.35. The molecule has 1 fully saturated rings. The van der Waals surface area contributed by atoms with Crippen LogP contribution < -0.4 is 0 Å². The molecule has 1 saturated heterocycles. The monoisotopic (exact) mass is 374 g/mol. The molecule has 1 aliphatic rings. The Kier molecular flexibility index (Phi) is 5.08. The molecule has 0 unspecified atom stereocenters. The first-order valence-electron chi connectivity index (χ1n) is 8.94. The summed E-state index contributed by atoms with van der Waals surface area (Å²) in [7, 11) is -3.54. The van der Waals surface area contributed by atoms with Crippen molar-refractivity contribution < 1.29 is 13.2 Å². The Morgan fingerprint density at radius 3 is 2.19 bits per heavy atom. The van der Waals surface area contributed by atoms with Crippen LogP contribution in [-0.2, 0) is 14.8 Å². The molecule has 1 aliphatic heterocycles. The van der Waals surface area contributed by atoms with E-state index < -0.39 is 10.0 Å². The quantitative estimate of drug-likeness (QED) is 0.829. The van der Waals surface area contributed by atoms with Gasteiger partial charge in [0.25, 0.3) is 0 Å². The highest BCUT2D eigenvalue weighted by Gasteiger charge is 2.31. The number of fused-ring (bicyclic) bond motifs is 1. The van der Waals surface area contributed by atoms with E-state index in [0.29, 0.717) is 37.5 Å². The fraction of sp³-hybridized carbons (Fsp3) is 0.450. The molecule has 0 aromatic heterocycles. The first-order chi connectivity index (χ1) is 12.2. The van der Waals surface area contributed by atoms with Gasteiger partial charge in [-0.2, -0.15) is 4.31 Å². The molecule has 6 heteroatoms. The Labute approximate surface area is 155 Å². The molecule has 1 amide bonds. The zero-order valence-electron chi connectivity index (χ0n) is 15.6. The molecule has 0 spiro atoms. The van der Waals surface area contributed by atoms with Gasteiger partial charge in [-0.3, -0.25) is 4.79 Å². The number of carbonyl (C=O) groups excluding carboxylic acids is 1. The molecule has 1 heterocycles. The van der Waals surface area contributed by atoms with Crippen molar-refractivity contribution in [2.45, 2.75) is 32.1 Å². The van der Waals surface area contributed by atoms with Crippen LogP contribution in [0.15, 0.2) is 47.4 Å². The zero-order valence-corrected chi connectivity index (χ0v) is 16.4. The summed E-state index contributed by atoms with van der Waals surface area (Å²) < 4.78 is 27.4. The van der Waals surface area contributed by atoms with Crippen molar-refractivity contribution in [2.24, 2.45) is 5.41 Å². The van der Waals surface area contributed by atoms with Gasteiger partial charge in [0.15, 0.2) is 0 Å². The number of hydrogen-bond donors (Lipinski definition) is 0. The average Bonchev–Trinajstić information content (AvgIpc) is 2.60. The minimum absolute atomic E-state index is 0.0641. The molecule has 0 radical (unpaired) electrons. The fourth-order valence-corrected chi connectivity index (χ4v) is 4.68. The first kappa shape index (κ1) is 18.9. The van der Waals surface area contributed by atoms with Gasteiger partial charge in [-0.1, -0.05) is 51.1 Å².